The summed E-state index contributed by atoms with van der Waals surface area (Å²) in [6, 6.07) is 11.9. The van der Waals surface area contributed by atoms with Crippen LogP contribution >= 0.6 is 0 Å². The van der Waals surface area contributed by atoms with Gasteiger partial charge in [0.2, 0.25) is 21.7 Å². The third-order valence-corrected chi connectivity index (χ3v) is 9.10. The Labute approximate surface area is 235 Å². The minimum atomic E-state index is -4.57. The molecular weight excluding hydrogens is 550 g/mol. The van der Waals surface area contributed by atoms with E-state index in [1.54, 1.807) is 19.9 Å². The Hall–Kier alpha value is -4.43. The Balaban J connectivity index is 1.65. The molecule has 4 aromatic rings. The van der Waals surface area contributed by atoms with Crippen molar-refractivity contribution in [3.63, 3.8) is 0 Å². The third kappa shape index (κ3) is 5.35. The number of aromatic nitrogens is 3. The topological polar surface area (TPSA) is 126 Å². The van der Waals surface area contributed by atoms with Gasteiger partial charge in [0.1, 0.15) is 11.6 Å². The van der Waals surface area contributed by atoms with E-state index in [0.29, 0.717) is 28.7 Å². The van der Waals surface area contributed by atoms with Gasteiger partial charge in [-0.2, -0.15) is 14.6 Å². The first-order chi connectivity index (χ1) is 19.5. The zero-order valence-electron chi connectivity index (χ0n) is 22.3. The lowest BCUT2D eigenvalue weighted by Crippen LogP contribution is -2.33. The highest BCUT2D eigenvalue weighted by Gasteiger charge is 2.34. The summed E-state index contributed by atoms with van der Waals surface area (Å²) >= 11 is 0. The molecule has 2 heterocycles. The average Bonchev–Trinajstić information content (AvgIpc) is 3.76. The molecule has 0 radical (unpaired) electrons. The van der Waals surface area contributed by atoms with Gasteiger partial charge in [-0.3, -0.25) is 9.36 Å². The van der Waals surface area contributed by atoms with Gasteiger partial charge in [-0.15, -0.1) is 0 Å². The highest BCUT2D eigenvalue weighted by atomic mass is 32.2. The van der Waals surface area contributed by atoms with Crippen LogP contribution in [-0.4, -0.2) is 28.1 Å². The van der Waals surface area contributed by atoms with Crippen molar-refractivity contribution in [1.29, 1.82) is 5.26 Å². The quantitative estimate of drug-likeness (QED) is 0.284. The number of hydrogen-bond donors (Lipinski definition) is 1. The van der Waals surface area contributed by atoms with Crippen molar-refractivity contribution >= 4 is 9.84 Å². The van der Waals surface area contributed by atoms with Crippen molar-refractivity contribution in [2.45, 2.75) is 55.4 Å². The van der Waals surface area contributed by atoms with Gasteiger partial charge >= 0.3 is 0 Å². The number of aromatic hydroxyl groups is 1. The summed E-state index contributed by atoms with van der Waals surface area (Å²) in [6.07, 6.45) is 3.70. The molecule has 1 aliphatic rings. The molecule has 8 nitrogen and oxygen atoms in total. The zero-order chi connectivity index (χ0) is 29.5. The molecule has 41 heavy (non-hydrogen) atoms. The van der Waals surface area contributed by atoms with E-state index < -0.39 is 44.0 Å². The molecule has 0 saturated heterocycles. The van der Waals surface area contributed by atoms with E-state index in [4.69, 9.17) is 0 Å². The summed E-state index contributed by atoms with van der Waals surface area (Å²) in [4.78, 5) is 20.6. The van der Waals surface area contributed by atoms with E-state index in [9.17, 15) is 32.4 Å². The van der Waals surface area contributed by atoms with Crippen molar-refractivity contribution < 1.29 is 22.3 Å². The maximum atomic E-state index is 14.4. The third-order valence-electron chi connectivity index (χ3n) is 7.32. The molecule has 1 fully saturated rings. The monoisotopic (exact) mass is 576 g/mol. The molecular formula is C30H26F2N4O4S. The second kappa shape index (κ2) is 10.9. The summed E-state index contributed by atoms with van der Waals surface area (Å²) in [6.45, 7) is 3.30. The molecule has 0 amide bonds. The van der Waals surface area contributed by atoms with Crippen LogP contribution in [0.3, 0.4) is 0 Å². The first-order valence-corrected chi connectivity index (χ1v) is 14.5. The van der Waals surface area contributed by atoms with Crippen molar-refractivity contribution in [2.24, 2.45) is 5.92 Å². The molecule has 1 N–H and O–H groups in total. The van der Waals surface area contributed by atoms with Crippen LogP contribution in [0.4, 0.5) is 8.78 Å². The molecule has 1 aliphatic carbocycles. The Bertz CT molecular complexity index is 1860. The van der Waals surface area contributed by atoms with Crippen molar-refractivity contribution in [3.05, 3.63) is 99.4 Å². The fraction of sp³-hybridized carbons (Fsp3) is 0.267. The first kappa shape index (κ1) is 28.1. The van der Waals surface area contributed by atoms with Gasteiger partial charge in [-0.25, -0.2) is 17.8 Å². The molecule has 0 bridgehead atoms. The van der Waals surface area contributed by atoms with E-state index in [1.165, 1.54) is 47.2 Å². The molecule has 5 rings (SSSR count). The second-order valence-electron chi connectivity index (χ2n) is 10.1. The van der Waals surface area contributed by atoms with Crippen LogP contribution < -0.4 is 5.56 Å². The highest BCUT2D eigenvalue weighted by molar-refractivity contribution is 7.91. The number of nitriles is 1. The van der Waals surface area contributed by atoms with Gasteiger partial charge in [-0.1, -0.05) is 19.1 Å². The Morgan fingerprint density at radius 1 is 1.15 bits per heavy atom. The minimum absolute atomic E-state index is 0.0548. The van der Waals surface area contributed by atoms with Crippen LogP contribution in [0.2, 0.25) is 0 Å². The maximum Gasteiger partial charge on any atom is 0.277 e. The number of hydrogen-bond acceptors (Lipinski definition) is 7. The van der Waals surface area contributed by atoms with Gasteiger partial charge in [-0.05, 0) is 85.2 Å². The summed E-state index contributed by atoms with van der Waals surface area (Å²) in [5.74, 6) is -1.81. The number of halogens is 2. The van der Waals surface area contributed by atoms with Crippen LogP contribution in [0.25, 0.3) is 11.1 Å². The SMILES string of the molecule is CCC(c1cc(F)cc(C#N)c1)n1c(CC2CC2)nc(O)c(S(=O)(=O)c2ccc(-c3ccnc(F)c3C)cc2)c1=O. The van der Waals surface area contributed by atoms with Gasteiger partial charge < -0.3 is 5.11 Å². The predicted octanol–water partition coefficient (Wildman–Crippen LogP) is 5.25. The number of rotatable bonds is 8. The van der Waals surface area contributed by atoms with Crippen LogP contribution in [0.15, 0.2) is 69.3 Å². The van der Waals surface area contributed by atoms with Crippen LogP contribution in [0.5, 0.6) is 5.88 Å². The molecule has 2 aromatic heterocycles. The van der Waals surface area contributed by atoms with Gasteiger partial charge in [0.15, 0.2) is 4.90 Å². The molecule has 0 aliphatic heterocycles. The Morgan fingerprint density at radius 3 is 2.49 bits per heavy atom. The normalized spacial score (nSPS) is 14.0. The number of sulfone groups is 1. The lowest BCUT2D eigenvalue weighted by molar-refractivity contribution is 0.405. The molecule has 11 heteroatoms. The van der Waals surface area contributed by atoms with Gasteiger partial charge in [0.05, 0.1) is 22.6 Å². The van der Waals surface area contributed by atoms with Crippen molar-refractivity contribution in [2.75, 3.05) is 0 Å². The fourth-order valence-corrected chi connectivity index (χ4v) is 6.37. The van der Waals surface area contributed by atoms with E-state index in [0.717, 1.165) is 18.9 Å². The Kier molecular flexibility index (Phi) is 7.44. The summed E-state index contributed by atoms with van der Waals surface area (Å²) in [5, 5.41) is 20.2. The smallest absolute Gasteiger partial charge is 0.277 e. The molecule has 210 valence electrons. The van der Waals surface area contributed by atoms with Crippen molar-refractivity contribution in [3.8, 4) is 23.1 Å². The van der Waals surface area contributed by atoms with E-state index in [1.807, 2.05) is 6.07 Å². The standard InChI is InChI=1S/C30H26F2N4O4S/c1-3-25(21-12-19(16-33)13-22(31)15-21)36-26(14-18-4-5-18)35-29(37)27(30(36)38)41(39,40)23-8-6-20(7-9-23)24-10-11-34-28(32)17(24)2/h6-13,15,18,25,37H,3-5,14H2,1-2H3. The minimum Gasteiger partial charge on any atom is -0.492 e. The number of nitrogens with zero attached hydrogens (tertiary/aromatic N) is 4. The fourth-order valence-electron chi connectivity index (χ4n) is 5.02. The zero-order valence-corrected chi connectivity index (χ0v) is 23.1. The van der Waals surface area contributed by atoms with E-state index in [2.05, 4.69) is 9.97 Å². The lowest BCUT2D eigenvalue weighted by atomic mass is 10.0. The van der Waals surface area contributed by atoms with Crippen LogP contribution in [-0.2, 0) is 16.3 Å². The molecule has 1 unspecified atom stereocenters. The summed E-state index contributed by atoms with van der Waals surface area (Å²) in [7, 11) is -4.57. The second-order valence-corrected chi connectivity index (χ2v) is 12.0. The maximum absolute atomic E-state index is 14.4. The molecule has 1 atom stereocenters. The molecule has 1 saturated carbocycles. The lowest BCUT2D eigenvalue weighted by Gasteiger charge is -2.23. The van der Waals surface area contributed by atoms with Crippen LogP contribution in [0, 0.1) is 35.9 Å². The van der Waals surface area contributed by atoms with E-state index in [-0.39, 0.29) is 28.6 Å². The van der Waals surface area contributed by atoms with Gasteiger partial charge in [0.25, 0.3) is 5.56 Å². The van der Waals surface area contributed by atoms with Crippen molar-refractivity contribution in [1.82, 2.24) is 14.5 Å². The average molecular weight is 577 g/mol. The first-order valence-electron chi connectivity index (χ1n) is 13.1. The van der Waals surface area contributed by atoms with E-state index >= 15 is 0 Å². The highest BCUT2D eigenvalue weighted by Crippen LogP contribution is 2.35. The number of benzene rings is 2. The summed E-state index contributed by atoms with van der Waals surface area (Å²) in [5.41, 5.74) is 0.728. The Morgan fingerprint density at radius 2 is 1.85 bits per heavy atom. The van der Waals surface area contributed by atoms with Crippen LogP contribution in [0.1, 0.15) is 54.7 Å². The molecule has 2 aromatic carbocycles. The summed E-state index contributed by atoms with van der Waals surface area (Å²) < 4.78 is 57.1. The number of pyridine rings is 1. The largest absolute Gasteiger partial charge is 0.492 e. The molecule has 0 spiro atoms. The predicted molar refractivity (Wildman–Crippen MR) is 146 cm³/mol. The van der Waals surface area contributed by atoms with Gasteiger partial charge in [0, 0.05) is 18.2 Å².